The summed E-state index contributed by atoms with van der Waals surface area (Å²) in [6.07, 6.45) is 1.07. The van der Waals surface area contributed by atoms with Crippen molar-refractivity contribution in [3.8, 4) is 0 Å². The zero-order chi connectivity index (χ0) is 18.9. The normalized spacial score (nSPS) is 24.3. The standard InChI is InChI=1S/C16H17N3O6S/c1-16-7-6-14(21)18(16)12(9-26-16)15(22)25-8-13(20)17-10-4-2-3-5-11(10)19(23)24/h2-5,12H,6-9H2,1H3,(H,17,20)/t12-,16-/m1/s1. The molecule has 1 N–H and O–H groups in total. The molecule has 9 nitrogen and oxygen atoms in total. The van der Waals surface area contributed by atoms with Gasteiger partial charge in [0, 0.05) is 18.2 Å². The Kier molecular flexibility index (Phi) is 4.86. The highest BCUT2D eigenvalue weighted by Gasteiger charge is 2.53. The minimum atomic E-state index is -0.709. The molecule has 0 radical (unpaired) electrons. The number of nitro benzene ring substituents is 1. The van der Waals surface area contributed by atoms with Gasteiger partial charge in [0.1, 0.15) is 11.7 Å². The Balaban J connectivity index is 1.58. The summed E-state index contributed by atoms with van der Waals surface area (Å²) < 4.78 is 5.03. The van der Waals surface area contributed by atoms with Crippen LogP contribution in [0.4, 0.5) is 11.4 Å². The maximum Gasteiger partial charge on any atom is 0.330 e. The molecule has 0 unspecified atom stereocenters. The first-order valence-electron chi connectivity index (χ1n) is 7.98. The number of benzene rings is 1. The minimum absolute atomic E-state index is 0.0252. The quantitative estimate of drug-likeness (QED) is 0.468. The summed E-state index contributed by atoms with van der Waals surface area (Å²) >= 11 is 1.53. The van der Waals surface area contributed by atoms with Gasteiger partial charge in [0.2, 0.25) is 5.91 Å². The number of hydrogen-bond donors (Lipinski definition) is 1. The van der Waals surface area contributed by atoms with Crippen LogP contribution >= 0.6 is 11.8 Å². The molecule has 138 valence electrons. The fourth-order valence-corrected chi connectivity index (χ4v) is 4.57. The predicted octanol–water partition coefficient (Wildman–Crippen LogP) is 1.53. The van der Waals surface area contributed by atoms with Gasteiger partial charge in [0.05, 0.1) is 9.79 Å². The number of rotatable bonds is 5. The van der Waals surface area contributed by atoms with Crippen LogP contribution in [0.5, 0.6) is 0 Å². The molecular weight excluding hydrogens is 362 g/mol. The Hall–Kier alpha value is -2.62. The third-order valence-electron chi connectivity index (χ3n) is 4.44. The summed E-state index contributed by atoms with van der Waals surface area (Å²) in [4.78, 5) is 47.7. The average molecular weight is 379 g/mol. The number of nitro groups is 1. The summed E-state index contributed by atoms with van der Waals surface area (Å²) in [6.45, 7) is 1.34. The van der Waals surface area contributed by atoms with Gasteiger partial charge in [0.15, 0.2) is 6.61 Å². The van der Waals surface area contributed by atoms with E-state index in [1.807, 2.05) is 6.92 Å². The molecule has 0 spiro atoms. The van der Waals surface area contributed by atoms with Gasteiger partial charge in [-0.3, -0.25) is 19.7 Å². The second kappa shape index (κ2) is 6.94. The third-order valence-corrected chi connectivity index (χ3v) is 5.94. The van der Waals surface area contributed by atoms with Crippen LogP contribution in [0, 0.1) is 10.1 Å². The highest BCUT2D eigenvalue weighted by atomic mass is 32.2. The Morgan fingerprint density at radius 2 is 2.19 bits per heavy atom. The average Bonchev–Trinajstić information content (AvgIpc) is 3.09. The Morgan fingerprint density at radius 1 is 1.46 bits per heavy atom. The van der Waals surface area contributed by atoms with Crippen LogP contribution in [0.25, 0.3) is 0 Å². The number of thioether (sulfide) groups is 1. The summed E-state index contributed by atoms with van der Waals surface area (Å²) in [6, 6.07) is 4.97. The van der Waals surface area contributed by atoms with Gasteiger partial charge in [-0.1, -0.05) is 12.1 Å². The lowest BCUT2D eigenvalue weighted by Gasteiger charge is -2.29. The van der Waals surface area contributed by atoms with Crippen LogP contribution < -0.4 is 5.32 Å². The SMILES string of the molecule is C[C@@]12CCC(=O)N1[C@@H](C(=O)OCC(=O)Nc1ccccc1[N+](=O)[O-])CS2. The number of carbonyl (C=O) groups excluding carboxylic acids is 3. The highest BCUT2D eigenvalue weighted by molar-refractivity contribution is 8.01. The number of para-hydroxylation sites is 2. The number of nitrogens with one attached hydrogen (secondary N) is 1. The van der Waals surface area contributed by atoms with Crippen molar-refractivity contribution in [2.75, 3.05) is 17.7 Å². The lowest BCUT2D eigenvalue weighted by molar-refractivity contribution is -0.383. The maximum atomic E-state index is 12.3. The number of carbonyl (C=O) groups is 3. The number of esters is 1. The number of fused-ring (bicyclic) bond motifs is 1. The fraction of sp³-hybridized carbons (Fsp3) is 0.438. The van der Waals surface area contributed by atoms with Crippen molar-refractivity contribution >= 4 is 40.9 Å². The van der Waals surface area contributed by atoms with Crippen molar-refractivity contribution < 1.29 is 24.0 Å². The van der Waals surface area contributed by atoms with Crippen LogP contribution in [-0.2, 0) is 19.1 Å². The number of nitrogens with zero attached hydrogens (tertiary/aromatic N) is 2. The van der Waals surface area contributed by atoms with Crippen LogP contribution in [-0.4, -0.2) is 50.9 Å². The minimum Gasteiger partial charge on any atom is -0.454 e. The van der Waals surface area contributed by atoms with E-state index in [9.17, 15) is 24.5 Å². The molecule has 0 aliphatic carbocycles. The second-order valence-corrected chi connectivity index (χ2v) is 7.70. The molecular formula is C16H17N3O6S. The summed E-state index contributed by atoms with van der Waals surface area (Å²) in [5.41, 5.74) is -0.227. The predicted molar refractivity (Wildman–Crippen MR) is 93.4 cm³/mol. The van der Waals surface area contributed by atoms with Crippen LogP contribution in [0.3, 0.4) is 0 Å². The van der Waals surface area contributed by atoms with Gasteiger partial charge >= 0.3 is 5.97 Å². The van der Waals surface area contributed by atoms with E-state index >= 15 is 0 Å². The molecule has 2 aliphatic rings. The Morgan fingerprint density at radius 3 is 2.92 bits per heavy atom. The van der Waals surface area contributed by atoms with Gasteiger partial charge in [-0.25, -0.2) is 4.79 Å². The van der Waals surface area contributed by atoms with E-state index in [2.05, 4.69) is 5.32 Å². The lowest BCUT2D eigenvalue weighted by atomic mass is 10.2. The number of amides is 2. The van der Waals surface area contributed by atoms with E-state index in [1.54, 1.807) is 11.0 Å². The molecule has 2 saturated heterocycles. The molecule has 2 heterocycles. The first-order chi connectivity index (χ1) is 12.3. The Bertz CT molecular complexity index is 785. The third kappa shape index (κ3) is 3.36. The molecule has 0 aromatic heterocycles. The summed E-state index contributed by atoms with van der Waals surface area (Å²) in [5.74, 6) is -1.00. The van der Waals surface area contributed by atoms with Crippen molar-refractivity contribution in [2.45, 2.75) is 30.7 Å². The van der Waals surface area contributed by atoms with E-state index < -0.39 is 34.3 Å². The number of hydrogen-bond acceptors (Lipinski definition) is 7. The molecule has 0 saturated carbocycles. The molecule has 26 heavy (non-hydrogen) atoms. The summed E-state index contributed by atoms with van der Waals surface area (Å²) in [5, 5.41) is 13.3. The van der Waals surface area contributed by atoms with E-state index in [4.69, 9.17) is 4.74 Å². The van der Waals surface area contributed by atoms with Crippen LogP contribution in [0.2, 0.25) is 0 Å². The van der Waals surface area contributed by atoms with Crippen molar-refractivity contribution in [1.82, 2.24) is 4.90 Å². The number of anilines is 1. The van der Waals surface area contributed by atoms with Crippen molar-refractivity contribution in [3.63, 3.8) is 0 Å². The van der Waals surface area contributed by atoms with Gasteiger partial charge in [-0.15, -0.1) is 11.8 Å². The zero-order valence-electron chi connectivity index (χ0n) is 14.0. The summed E-state index contributed by atoms with van der Waals surface area (Å²) in [7, 11) is 0. The van der Waals surface area contributed by atoms with Crippen molar-refractivity contribution in [1.29, 1.82) is 0 Å². The van der Waals surface area contributed by atoms with Gasteiger partial charge in [-0.05, 0) is 19.4 Å². The highest BCUT2D eigenvalue weighted by Crippen LogP contribution is 2.47. The molecule has 2 aliphatic heterocycles. The van der Waals surface area contributed by atoms with Crippen LogP contribution in [0.15, 0.2) is 24.3 Å². The van der Waals surface area contributed by atoms with Gasteiger partial charge < -0.3 is 15.0 Å². The Labute approximate surface area is 153 Å². The van der Waals surface area contributed by atoms with Gasteiger partial charge in [0.25, 0.3) is 11.6 Å². The van der Waals surface area contributed by atoms with Crippen molar-refractivity contribution in [2.24, 2.45) is 0 Å². The number of ether oxygens (including phenoxy) is 1. The maximum absolute atomic E-state index is 12.3. The van der Waals surface area contributed by atoms with Crippen molar-refractivity contribution in [3.05, 3.63) is 34.4 Å². The molecule has 1 aromatic rings. The van der Waals surface area contributed by atoms with E-state index in [1.165, 1.54) is 30.0 Å². The van der Waals surface area contributed by atoms with E-state index in [0.717, 1.165) is 0 Å². The van der Waals surface area contributed by atoms with E-state index in [0.29, 0.717) is 18.6 Å². The largest absolute Gasteiger partial charge is 0.454 e. The second-order valence-electron chi connectivity index (χ2n) is 6.20. The smallest absolute Gasteiger partial charge is 0.330 e. The first kappa shape index (κ1) is 18.2. The lowest BCUT2D eigenvalue weighted by Crippen LogP contribution is -2.47. The molecule has 2 amide bonds. The monoisotopic (exact) mass is 379 g/mol. The first-order valence-corrected chi connectivity index (χ1v) is 8.96. The molecule has 2 fully saturated rings. The topological polar surface area (TPSA) is 119 Å². The molecule has 1 aromatic carbocycles. The van der Waals surface area contributed by atoms with E-state index in [-0.39, 0.29) is 17.3 Å². The molecule has 0 bridgehead atoms. The zero-order valence-corrected chi connectivity index (χ0v) is 14.8. The van der Waals surface area contributed by atoms with Crippen LogP contribution in [0.1, 0.15) is 19.8 Å². The molecule has 2 atom stereocenters. The molecule has 3 rings (SSSR count). The molecule has 10 heteroatoms. The van der Waals surface area contributed by atoms with Gasteiger partial charge in [-0.2, -0.15) is 0 Å². The fourth-order valence-electron chi connectivity index (χ4n) is 3.15.